The lowest BCUT2D eigenvalue weighted by molar-refractivity contribution is 0.128. The number of hydrogen-bond donors (Lipinski definition) is 1. The molecule has 0 aliphatic rings. The van der Waals surface area contributed by atoms with Gasteiger partial charge in [-0.15, -0.1) is 0 Å². The van der Waals surface area contributed by atoms with Crippen LogP contribution in [0.2, 0.25) is 0 Å². The van der Waals surface area contributed by atoms with Crippen LogP contribution in [0.1, 0.15) is 18.0 Å². The van der Waals surface area contributed by atoms with Crippen LogP contribution in [0, 0.1) is 5.82 Å². The molecule has 14 heavy (non-hydrogen) atoms. The summed E-state index contributed by atoms with van der Waals surface area (Å²) in [7, 11) is 0. The number of halogens is 4. The molecule has 1 rings (SSSR count). The summed E-state index contributed by atoms with van der Waals surface area (Å²) in [4.78, 5) is 0. The summed E-state index contributed by atoms with van der Waals surface area (Å²) in [5.41, 5.74) is 5.55. The monoisotopic (exact) mass is 267 g/mol. The third kappa shape index (κ3) is 2.72. The molecule has 0 aliphatic heterocycles. The van der Waals surface area contributed by atoms with Crippen molar-refractivity contribution in [3.63, 3.8) is 0 Å². The molecule has 1 nitrogen and oxygen atoms in total. The minimum atomic E-state index is -2.53. The molecule has 0 unspecified atom stereocenters. The number of benzene rings is 1. The summed E-state index contributed by atoms with van der Waals surface area (Å²) in [5.74, 6) is -0.562. The Labute approximate surface area is 88.2 Å². The highest BCUT2D eigenvalue weighted by atomic mass is 79.9. The first kappa shape index (κ1) is 11.5. The molecule has 0 aromatic heterocycles. The fraction of sp³-hybridized carbons (Fsp3) is 0.333. The number of hydrogen-bond acceptors (Lipinski definition) is 1. The zero-order valence-corrected chi connectivity index (χ0v) is 8.77. The zero-order chi connectivity index (χ0) is 10.7. The molecule has 0 amide bonds. The Bertz CT molecular complexity index is 297. The quantitative estimate of drug-likeness (QED) is 0.894. The second kappa shape index (κ2) is 4.79. The minimum Gasteiger partial charge on any atom is -0.324 e. The smallest absolute Gasteiger partial charge is 0.240 e. The third-order valence-corrected chi connectivity index (χ3v) is 2.49. The predicted octanol–water partition coefficient (Wildman–Crippen LogP) is 3.24. The molecule has 0 saturated heterocycles. The Kier molecular flexibility index (Phi) is 3.95. The molecule has 1 aromatic carbocycles. The van der Waals surface area contributed by atoms with Gasteiger partial charge in [0.25, 0.3) is 0 Å². The Hall–Kier alpha value is -0.550. The second-order valence-electron chi connectivity index (χ2n) is 2.87. The van der Waals surface area contributed by atoms with Crippen molar-refractivity contribution in [3.8, 4) is 0 Å². The molecule has 0 radical (unpaired) electrons. The van der Waals surface area contributed by atoms with Crippen LogP contribution in [0.15, 0.2) is 22.7 Å². The summed E-state index contributed by atoms with van der Waals surface area (Å²) in [6, 6.07) is 3.28. The van der Waals surface area contributed by atoms with E-state index in [0.717, 1.165) is 0 Å². The van der Waals surface area contributed by atoms with Gasteiger partial charge < -0.3 is 5.73 Å². The van der Waals surface area contributed by atoms with Crippen molar-refractivity contribution in [3.05, 3.63) is 34.1 Å². The van der Waals surface area contributed by atoms with Crippen molar-refractivity contribution in [1.82, 2.24) is 0 Å². The van der Waals surface area contributed by atoms with Gasteiger partial charge in [0.05, 0.1) is 0 Å². The first-order chi connectivity index (χ1) is 6.52. The molecule has 5 heteroatoms. The molecule has 1 atom stereocenters. The van der Waals surface area contributed by atoms with E-state index in [9.17, 15) is 13.2 Å². The van der Waals surface area contributed by atoms with Crippen molar-refractivity contribution in [2.24, 2.45) is 5.73 Å². The van der Waals surface area contributed by atoms with Crippen molar-refractivity contribution >= 4 is 15.9 Å². The largest absolute Gasteiger partial charge is 0.324 e. The van der Waals surface area contributed by atoms with Crippen molar-refractivity contribution < 1.29 is 13.2 Å². The lowest BCUT2D eigenvalue weighted by atomic mass is 10.0. The number of rotatable bonds is 3. The first-order valence-corrected chi connectivity index (χ1v) is 4.79. The number of nitrogens with two attached hydrogens (primary N) is 1. The van der Waals surface area contributed by atoms with Gasteiger partial charge in [0.15, 0.2) is 0 Å². The average molecular weight is 268 g/mol. The summed E-state index contributed by atoms with van der Waals surface area (Å²) in [5, 5.41) is 0. The van der Waals surface area contributed by atoms with E-state index in [4.69, 9.17) is 5.73 Å². The van der Waals surface area contributed by atoms with E-state index in [0.29, 0.717) is 4.47 Å². The molecule has 0 saturated carbocycles. The van der Waals surface area contributed by atoms with Crippen LogP contribution in [0.25, 0.3) is 0 Å². The Morgan fingerprint density at radius 2 is 2.00 bits per heavy atom. The van der Waals surface area contributed by atoms with Crippen LogP contribution in [-0.4, -0.2) is 6.43 Å². The number of alkyl halides is 2. The minimum absolute atomic E-state index is 0.104. The average Bonchev–Trinajstić information content (AvgIpc) is 2.01. The van der Waals surface area contributed by atoms with Crippen LogP contribution in [-0.2, 0) is 0 Å². The predicted molar refractivity (Wildman–Crippen MR) is 51.6 cm³/mol. The topological polar surface area (TPSA) is 26.0 Å². The maximum absolute atomic E-state index is 13.2. The van der Waals surface area contributed by atoms with Gasteiger partial charge in [-0.2, -0.15) is 0 Å². The summed E-state index contributed by atoms with van der Waals surface area (Å²) >= 11 is 3.07. The normalized spacial score (nSPS) is 13.3. The zero-order valence-electron chi connectivity index (χ0n) is 7.18. The van der Waals surface area contributed by atoms with Crippen LogP contribution in [0.4, 0.5) is 13.2 Å². The van der Waals surface area contributed by atoms with Gasteiger partial charge >= 0.3 is 0 Å². The highest BCUT2D eigenvalue weighted by molar-refractivity contribution is 9.10. The maximum atomic E-state index is 13.2. The Balaban J connectivity index is 2.94. The molecular formula is C9H9BrF3N. The second-order valence-corrected chi connectivity index (χ2v) is 3.72. The van der Waals surface area contributed by atoms with E-state index >= 15 is 0 Å². The van der Waals surface area contributed by atoms with Crippen LogP contribution >= 0.6 is 15.9 Å². The molecule has 0 bridgehead atoms. The van der Waals surface area contributed by atoms with E-state index in [1.165, 1.54) is 12.1 Å². The fourth-order valence-corrected chi connectivity index (χ4v) is 1.81. The van der Waals surface area contributed by atoms with Gasteiger partial charge in [-0.25, -0.2) is 13.2 Å². The molecule has 0 heterocycles. The molecule has 0 spiro atoms. The highest BCUT2D eigenvalue weighted by Crippen LogP contribution is 2.28. The van der Waals surface area contributed by atoms with E-state index in [2.05, 4.69) is 15.9 Å². The van der Waals surface area contributed by atoms with Crippen molar-refractivity contribution in [2.45, 2.75) is 18.9 Å². The Morgan fingerprint density at radius 1 is 1.36 bits per heavy atom. The molecule has 0 aliphatic carbocycles. The van der Waals surface area contributed by atoms with Gasteiger partial charge in [-0.1, -0.05) is 22.0 Å². The van der Waals surface area contributed by atoms with Crippen LogP contribution < -0.4 is 5.73 Å². The lowest BCUT2D eigenvalue weighted by Gasteiger charge is -2.13. The molecule has 0 fully saturated rings. The fourth-order valence-electron chi connectivity index (χ4n) is 1.17. The molecule has 2 N–H and O–H groups in total. The van der Waals surface area contributed by atoms with E-state index in [1.807, 2.05) is 0 Å². The van der Waals surface area contributed by atoms with Crippen LogP contribution in [0.5, 0.6) is 0 Å². The summed E-state index contributed by atoms with van der Waals surface area (Å²) in [6.07, 6.45) is -3.07. The summed E-state index contributed by atoms with van der Waals surface area (Å²) < 4.78 is 37.7. The third-order valence-electron chi connectivity index (χ3n) is 1.80. The van der Waals surface area contributed by atoms with E-state index in [-0.39, 0.29) is 5.56 Å². The van der Waals surface area contributed by atoms with Gasteiger partial charge in [0.2, 0.25) is 6.43 Å². The van der Waals surface area contributed by atoms with Gasteiger partial charge in [-0.05, 0) is 12.1 Å². The van der Waals surface area contributed by atoms with Crippen molar-refractivity contribution in [2.75, 3.05) is 0 Å². The van der Waals surface area contributed by atoms with E-state index < -0.39 is 24.7 Å². The maximum Gasteiger partial charge on any atom is 0.240 e. The van der Waals surface area contributed by atoms with Gasteiger partial charge in [0.1, 0.15) is 5.82 Å². The summed E-state index contributed by atoms with van der Waals surface area (Å²) in [6.45, 7) is 0. The van der Waals surface area contributed by atoms with Gasteiger partial charge in [0, 0.05) is 22.5 Å². The van der Waals surface area contributed by atoms with Gasteiger partial charge in [-0.3, -0.25) is 0 Å². The molecule has 78 valence electrons. The lowest BCUT2D eigenvalue weighted by Crippen LogP contribution is -2.16. The van der Waals surface area contributed by atoms with Crippen molar-refractivity contribution in [1.29, 1.82) is 0 Å². The first-order valence-electron chi connectivity index (χ1n) is 4.00. The standard InChI is InChI=1S/C9H9BrF3N/c10-5-2-1-3-6(11)9(5)7(14)4-8(12)13/h1-3,7-8H,4,14H2/t7-/m1/s1. The molecule has 1 aromatic rings. The van der Waals surface area contributed by atoms with Crippen LogP contribution in [0.3, 0.4) is 0 Å². The highest BCUT2D eigenvalue weighted by Gasteiger charge is 2.18. The SMILES string of the molecule is N[C@H](CC(F)F)c1c(F)cccc1Br. The van der Waals surface area contributed by atoms with E-state index in [1.54, 1.807) is 6.07 Å². The molecular weight excluding hydrogens is 259 g/mol. The Morgan fingerprint density at radius 3 is 2.50 bits per heavy atom.